The number of carbonyl (C=O) groups excluding carboxylic acids is 1. The zero-order valence-corrected chi connectivity index (χ0v) is 11.0. The predicted molar refractivity (Wildman–Crippen MR) is 73.3 cm³/mol. The van der Waals surface area contributed by atoms with Crippen LogP contribution in [0.2, 0.25) is 0 Å². The Balaban J connectivity index is 0.00000256. The van der Waals surface area contributed by atoms with Gasteiger partial charge in [0.05, 0.1) is 6.54 Å². The van der Waals surface area contributed by atoms with E-state index in [9.17, 15) is 4.79 Å². The quantitative estimate of drug-likeness (QED) is 0.713. The first-order valence-corrected chi connectivity index (χ1v) is 5.65. The van der Waals surface area contributed by atoms with E-state index in [-0.39, 0.29) is 24.4 Å². The number of halogens is 1. The van der Waals surface area contributed by atoms with Crippen molar-refractivity contribution in [3.63, 3.8) is 0 Å². The molecular formula is C12H22ClN3O. The fraction of sp³-hybridized carbons (Fsp3) is 0.583. The van der Waals surface area contributed by atoms with Gasteiger partial charge in [-0.15, -0.1) is 25.6 Å². The molecule has 1 rings (SSSR count). The summed E-state index contributed by atoms with van der Waals surface area (Å²) in [6.45, 7) is 10.6. The van der Waals surface area contributed by atoms with Crippen molar-refractivity contribution in [2.75, 3.05) is 32.7 Å². The molecule has 4 nitrogen and oxygen atoms in total. The first-order valence-electron chi connectivity index (χ1n) is 5.65. The molecule has 0 saturated carbocycles. The monoisotopic (exact) mass is 259 g/mol. The highest BCUT2D eigenvalue weighted by molar-refractivity contribution is 5.85. The summed E-state index contributed by atoms with van der Waals surface area (Å²) in [6.07, 6.45) is 4.45. The second-order valence-electron chi connectivity index (χ2n) is 4.16. The molecule has 0 aromatic carbocycles. The van der Waals surface area contributed by atoms with E-state index >= 15 is 0 Å². The fourth-order valence-corrected chi connectivity index (χ4v) is 1.89. The standard InChI is InChI=1S/C12H21N3O.ClH/c1-3-6-15(7-4-2)12(16)10-14-8-5-11(13)9-14;/h3-4,11H,1-2,5-10,13H2;1H/t11-;/m1./s1. The van der Waals surface area contributed by atoms with Crippen LogP contribution in [0.5, 0.6) is 0 Å². The molecule has 0 aromatic rings. The van der Waals surface area contributed by atoms with Crippen LogP contribution in [0.15, 0.2) is 25.3 Å². The highest BCUT2D eigenvalue weighted by Gasteiger charge is 2.22. The third kappa shape index (κ3) is 5.35. The molecule has 1 saturated heterocycles. The van der Waals surface area contributed by atoms with Gasteiger partial charge in [-0.2, -0.15) is 0 Å². The summed E-state index contributed by atoms with van der Waals surface area (Å²) >= 11 is 0. The second-order valence-corrected chi connectivity index (χ2v) is 4.16. The maximum absolute atomic E-state index is 11.9. The Morgan fingerprint density at radius 1 is 1.41 bits per heavy atom. The Morgan fingerprint density at radius 3 is 2.41 bits per heavy atom. The summed E-state index contributed by atoms with van der Waals surface area (Å²) in [5, 5.41) is 0. The number of amides is 1. The molecule has 17 heavy (non-hydrogen) atoms. The maximum atomic E-state index is 11.9. The minimum absolute atomic E-state index is 0. The average Bonchev–Trinajstić information content (AvgIpc) is 2.63. The van der Waals surface area contributed by atoms with Crippen LogP contribution in [0.4, 0.5) is 0 Å². The summed E-state index contributed by atoms with van der Waals surface area (Å²) in [7, 11) is 0. The molecule has 1 atom stereocenters. The minimum Gasteiger partial charge on any atom is -0.334 e. The molecule has 0 aliphatic carbocycles. The van der Waals surface area contributed by atoms with E-state index in [1.807, 2.05) is 0 Å². The molecule has 1 heterocycles. The molecule has 0 radical (unpaired) electrons. The van der Waals surface area contributed by atoms with Crippen LogP contribution in [-0.4, -0.2) is 54.5 Å². The Hall–Kier alpha value is -0.840. The molecule has 5 heteroatoms. The SMILES string of the molecule is C=CCN(CC=C)C(=O)CN1CC[C@@H](N)C1.Cl. The van der Waals surface area contributed by atoms with Gasteiger partial charge in [0.2, 0.25) is 5.91 Å². The van der Waals surface area contributed by atoms with Gasteiger partial charge in [0, 0.05) is 32.2 Å². The van der Waals surface area contributed by atoms with E-state index in [0.717, 1.165) is 19.5 Å². The van der Waals surface area contributed by atoms with Crippen molar-refractivity contribution in [2.45, 2.75) is 12.5 Å². The van der Waals surface area contributed by atoms with E-state index in [1.54, 1.807) is 17.1 Å². The molecular weight excluding hydrogens is 238 g/mol. The van der Waals surface area contributed by atoms with Gasteiger partial charge in [0.25, 0.3) is 0 Å². The second kappa shape index (κ2) is 8.28. The van der Waals surface area contributed by atoms with Crippen LogP contribution in [0, 0.1) is 0 Å². The number of hydrogen-bond acceptors (Lipinski definition) is 3. The van der Waals surface area contributed by atoms with Crippen molar-refractivity contribution in [1.29, 1.82) is 0 Å². The Bertz CT molecular complexity index is 260. The van der Waals surface area contributed by atoms with E-state index < -0.39 is 0 Å². The molecule has 2 N–H and O–H groups in total. The number of likely N-dealkylation sites (tertiary alicyclic amines) is 1. The first-order chi connectivity index (χ1) is 7.67. The highest BCUT2D eigenvalue weighted by Crippen LogP contribution is 2.07. The third-order valence-corrected chi connectivity index (χ3v) is 2.72. The van der Waals surface area contributed by atoms with Gasteiger partial charge < -0.3 is 10.6 Å². The molecule has 1 amide bonds. The van der Waals surface area contributed by atoms with Crippen molar-refractivity contribution in [3.05, 3.63) is 25.3 Å². The van der Waals surface area contributed by atoms with Crippen molar-refractivity contribution in [1.82, 2.24) is 9.80 Å². The average molecular weight is 260 g/mol. The van der Waals surface area contributed by atoms with Gasteiger partial charge in [0.1, 0.15) is 0 Å². The van der Waals surface area contributed by atoms with E-state index in [0.29, 0.717) is 19.6 Å². The van der Waals surface area contributed by atoms with Crippen LogP contribution >= 0.6 is 12.4 Å². The van der Waals surface area contributed by atoms with Gasteiger partial charge in [-0.25, -0.2) is 0 Å². The van der Waals surface area contributed by atoms with E-state index in [2.05, 4.69) is 18.1 Å². The fourth-order valence-electron chi connectivity index (χ4n) is 1.89. The van der Waals surface area contributed by atoms with Crippen molar-refractivity contribution in [3.8, 4) is 0 Å². The lowest BCUT2D eigenvalue weighted by atomic mass is 10.3. The summed E-state index contributed by atoms with van der Waals surface area (Å²) in [5.74, 6) is 0.119. The number of nitrogens with two attached hydrogens (primary N) is 1. The Morgan fingerprint density at radius 2 is 2.00 bits per heavy atom. The topological polar surface area (TPSA) is 49.6 Å². The number of nitrogens with zero attached hydrogens (tertiary/aromatic N) is 2. The minimum atomic E-state index is 0. The lowest BCUT2D eigenvalue weighted by molar-refractivity contribution is -0.131. The van der Waals surface area contributed by atoms with E-state index in [4.69, 9.17) is 5.73 Å². The largest absolute Gasteiger partial charge is 0.334 e. The van der Waals surface area contributed by atoms with Crippen LogP contribution < -0.4 is 5.73 Å². The summed E-state index contributed by atoms with van der Waals surface area (Å²) in [5.41, 5.74) is 5.80. The van der Waals surface area contributed by atoms with Crippen molar-refractivity contribution >= 4 is 18.3 Å². The lowest BCUT2D eigenvalue weighted by Gasteiger charge is -2.23. The molecule has 1 aliphatic rings. The van der Waals surface area contributed by atoms with E-state index in [1.165, 1.54) is 0 Å². The van der Waals surface area contributed by atoms with Gasteiger partial charge in [-0.3, -0.25) is 9.69 Å². The molecule has 0 aromatic heterocycles. The van der Waals surface area contributed by atoms with Gasteiger partial charge in [-0.05, 0) is 6.42 Å². The summed E-state index contributed by atoms with van der Waals surface area (Å²) in [6, 6.07) is 0.222. The molecule has 98 valence electrons. The van der Waals surface area contributed by atoms with Crippen LogP contribution in [0.25, 0.3) is 0 Å². The Kier molecular flexibility index (Phi) is 7.87. The lowest BCUT2D eigenvalue weighted by Crippen LogP contribution is -2.40. The van der Waals surface area contributed by atoms with Gasteiger partial charge >= 0.3 is 0 Å². The Labute approximate surface area is 110 Å². The van der Waals surface area contributed by atoms with Crippen molar-refractivity contribution in [2.24, 2.45) is 5.73 Å². The highest BCUT2D eigenvalue weighted by atomic mass is 35.5. The number of carbonyl (C=O) groups is 1. The smallest absolute Gasteiger partial charge is 0.237 e. The zero-order valence-electron chi connectivity index (χ0n) is 10.2. The van der Waals surface area contributed by atoms with Crippen LogP contribution in [0.1, 0.15) is 6.42 Å². The molecule has 0 bridgehead atoms. The summed E-state index contributed by atoms with van der Waals surface area (Å²) < 4.78 is 0. The molecule has 0 spiro atoms. The maximum Gasteiger partial charge on any atom is 0.237 e. The zero-order chi connectivity index (χ0) is 12.0. The van der Waals surface area contributed by atoms with Gasteiger partial charge in [0.15, 0.2) is 0 Å². The predicted octanol–water partition coefficient (Wildman–Crippen LogP) is 0.642. The van der Waals surface area contributed by atoms with Crippen LogP contribution in [0.3, 0.4) is 0 Å². The number of hydrogen-bond donors (Lipinski definition) is 1. The molecule has 1 aliphatic heterocycles. The summed E-state index contributed by atoms with van der Waals surface area (Å²) in [4.78, 5) is 15.8. The van der Waals surface area contributed by atoms with Gasteiger partial charge in [-0.1, -0.05) is 12.2 Å². The van der Waals surface area contributed by atoms with Crippen molar-refractivity contribution < 1.29 is 4.79 Å². The van der Waals surface area contributed by atoms with Crippen LogP contribution in [-0.2, 0) is 4.79 Å². The molecule has 0 unspecified atom stereocenters. The first kappa shape index (κ1) is 16.2. The number of rotatable bonds is 6. The normalized spacial score (nSPS) is 19.5. The third-order valence-electron chi connectivity index (χ3n) is 2.72. The molecule has 1 fully saturated rings.